The highest BCUT2D eigenvalue weighted by Crippen LogP contribution is 2.30. The highest BCUT2D eigenvalue weighted by atomic mass is 16.2. The summed E-state index contributed by atoms with van der Waals surface area (Å²) in [6.45, 7) is 4.60. The van der Waals surface area contributed by atoms with E-state index in [2.05, 4.69) is 29.5 Å². The molecule has 0 fully saturated rings. The Hall–Kier alpha value is -3.41. The molecule has 30 heavy (non-hydrogen) atoms. The van der Waals surface area contributed by atoms with Gasteiger partial charge in [-0.2, -0.15) is 5.10 Å². The van der Waals surface area contributed by atoms with Gasteiger partial charge in [-0.05, 0) is 24.0 Å². The Morgan fingerprint density at radius 1 is 1.07 bits per heavy atom. The highest BCUT2D eigenvalue weighted by Gasteiger charge is 2.25. The summed E-state index contributed by atoms with van der Waals surface area (Å²) in [7, 11) is 1.63. The van der Waals surface area contributed by atoms with E-state index in [0.29, 0.717) is 18.5 Å². The first-order valence-electron chi connectivity index (χ1n) is 10.3. The second-order valence-electron chi connectivity index (χ2n) is 7.70. The quantitative estimate of drug-likeness (QED) is 0.534. The zero-order chi connectivity index (χ0) is 21.3. The summed E-state index contributed by atoms with van der Waals surface area (Å²) in [6.07, 6.45) is 2.28. The molecule has 4 rings (SSSR count). The lowest BCUT2D eigenvalue weighted by atomic mass is 10.0. The van der Waals surface area contributed by atoms with Crippen LogP contribution in [0.2, 0.25) is 0 Å². The molecule has 0 aliphatic rings. The molecule has 6 nitrogen and oxygen atoms in total. The summed E-state index contributed by atoms with van der Waals surface area (Å²) in [5.74, 6) is 0.115. The van der Waals surface area contributed by atoms with E-state index in [1.165, 1.54) is 10.2 Å². The molecule has 0 saturated carbocycles. The number of carbonyl (C=O) groups excluding carboxylic acids is 1. The second-order valence-corrected chi connectivity index (χ2v) is 7.70. The molecule has 2 heterocycles. The Bertz CT molecular complexity index is 1260. The molecule has 0 saturated heterocycles. The molecule has 0 bridgehead atoms. The normalized spacial score (nSPS) is 13.4. The van der Waals surface area contributed by atoms with Gasteiger partial charge in [0.15, 0.2) is 0 Å². The first kappa shape index (κ1) is 19.9. The van der Waals surface area contributed by atoms with Gasteiger partial charge < -0.3 is 9.88 Å². The summed E-state index contributed by atoms with van der Waals surface area (Å²) >= 11 is 0. The average molecular weight is 402 g/mol. The minimum absolute atomic E-state index is 0.0817. The van der Waals surface area contributed by atoms with Crippen LogP contribution in [0.25, 0.3) is 21.8 Å². The molecule has 1 N–H and O–H groups in total. The predicted octanol–water partition coefficient (Wildman–Crippen LogP) is 3.76. The van der Waals surface area contributed by atoms with Crippen LogP contribution >= 0.6 is 0 Å². The Labute approximate surface area is 175 Å². The number of nitrogens with one attached hydrogen (secondary N) is 1. The monoisotopic (exact) mass is 402 g/mol. The molecule has 2 aromatic heterocycles. The van der Waals surface area contributed by atoms with Crippen molar-refractivity contribution in [2.75, 3.05) is 6.54 Å². The number of rotatable bonds is 6. The zero-order valence-electron chi connectivity index (χ0n) is 17.5. The number of carbonyl (C=O) groups is 1. The van der Waals surface area contributed by atoms with Crippen LogP contribution in [0.5, 0.6) is 0 Å². The molecular weight excluding hydrogens is 376 g/mol. The van der Waals surface area contributed by atoms with Gasteiger partial charge in [-0.3, -0.25) is 9.59 Å². The van der Waals surface area contributed by atoms with Crippen molar-refractivity contribution in [2.45, 2.75) is 32.2 Å². The Balaban J connectivity index is 1.73. The maximum Gasteiger partial charge on any atom is 0.291 e. The SMILES string of the molecule is CC[C@H](C(=O)NC[C@H](C)c1ccccc1)n1c2ccccc2c2cnn(C)c(=O)c21. The molecule has 0 aliphatic carbocycles. The second kappa shape index (κ2) is 8.14. The van der Waals surface area contributed by atoms with E-state index in [9.17, 15) is 9.59 Å². The summed E-state index contributed by atoms with van der Waals surface area (Å²) in [6, 6.07) is 17.4. The number of hydrogen-bond acceptors (Lipinski definition) is 3. The van der Waals surface area contributed by atoms with Crippen LogP contribution in [0.1, 0.15) is 37.8 Å². The van der Waals surface area contributed by atoms with E-state index >= 15 is 0 Å². The largest absolute Gasteiger partial charge is 0.354 e. The summed E-state index contributed by atoms with van der Waals surface area (Å²) in [5, 5.41) is 8.99. The molecule has 0 spiro atoms. The van der Waals surface area contributed by atoms with Crippen LogP contribution in [0, 0.1) is 0 Å². The average Bonchev–Trinajstić information content (AvgIpc) is 3.11. The maximum atomic E-state index is 13.2. The van der Waals surface area contributed by atoms with Crippen LogP contribution in [0.4, 0.5) is 0 Å². The highest BCUT2D eigenvalue weighted by molar-refractivity contribution is 6.08. The molecule has 154 valence electrons. The van der Waals surface area contributed by atoms with E-state index in [1.807, 2.05) is 54.0 Å². The summed E-state index contributed by atoms with van der Waals surface area (Å²) in [4.78, 5) is 26.2. The fourth-order valence-corrected chi connectivity index (χ4v) is 4.07. The molecular formula is C24H26N4O2. The molecule has 6 heteroatoms. The van der Waals surface area contributed by atoms with Crippen molar-refractivity contribution >= 4 is 27.7 Å². The lowest BCUT2D eigenvalue weighted by Crippen LogP contribution is -2.35. The van der Waals surface area contributed by atoms with E-state index < -0.39 is 6.04 Å². The smallest absolute Gasteiger partial charge is 0.291 e. The maximum absolute atomic E-state index is 13.2. The van der Waals surface area contributed by atoms with Gasteiger partial charge in [0.25, 0.3) is 5.56 Å². The van der Waals surface area contributed by atoms with E-state index in [1.54, 1.807) is 13.2 Å². The van der Waals surface area contributed by atoms with E-state index in [-0.39, 0.29) is 17.4 Å². The third-order valence-corrected chi connectivity index (χ3v) is 5.76. The third-order valence-electron chi connectivity index (χ3n) is 5.76. The number of amides is 1. The minimum Gasteiger partial charge on any atom is -0.354 e. The molecule has 0 unspecified atom stereocenters. The first-order valence-corrected chi connectivity index (χ1v) is 10.3. The van der Waals surface area contributed by atoms with Crippen molar-refractivity contribution in [3.8, 4) is 0 Å². The standard InChI is InChI=1S/C24H26N4O2/c1-4-20(23(29)25-14-16(2)17-10-6-5-7-11-17)28-21-13-9-8-12-18(21)19-15-26-27(3)24(30)22(19)28/h5-13,15-16,20H,4,14H2,1-3H3,(H,25,29)/t16-,20+/m0/s1. The van der Waals surface area contributed by atoms with E-state index in [0.717, 1.165) is 16.3 Å². The van der Waals surface area contributed by atoms with Gasteiger partial charge in [-0.15, -0.1) is 0 Å². The van der Waals surface area contributed by atoms with Crippen molar-refractivity contribution in [3.05, 3.63) is 76.7 Å². The Kier molecular flexibility index (Phi) is 5.40. The van der Waals surface area contributed by atoms with Crippen LogP contribution in [0.3, 0.4) is 0 Å². The zero-order valence-corrected chi connectivity index (χ0v) is 17.5. The Morgan fingerprint density at radius 3 is 2.50 bits per heavy atom. The predicted molar refractivity (Wildman–Crippen MR) is 120 cm³/mol. The van der Waals surface area contributed by atoms with Gasteiger partial charge in [0.1, 0.15) is 11.6 Å². The number of aromatic nitrogens is 3. The number of aryl methyl sites for hydroxylation is 1. The van der Waals surface area contributed by atoms with Crippen molar-refractivity contribution in [3.63, 3.8) is 0 Å². The number of benzene rings is 2. The van der Waals surface area contributed by atoms with Crippen LogP contribution in [0.15, 0.2) is 65.6 Å². The number of nitrogens with zero attached hydrogens (tertiary/aromatic N) is 3. The summed E-state index contributed by atoms with van der Waals surface area (Å²) in [5.41, 5.74) is 2.37. The van der Waals surface area contributed by atoms with Gasteiger partial charge in [-0.1, -0.05) is 62.4 Å². The van der Waals surface area contributed by atoms with Gasteiger partial charge in [0.2, 0.25) is 5.91 Å². The van der Waals surface area contributed by atoms with Gasteiger partial charge in [0, 0.05) is 24.4 Å². The lowest BCUT2D eigenvalue weighted by Gasteiger charge is -2.21. The number of fused-ring (bicyclic) bond motifs is 3. The van der Waals surface area contributed by atoms with Crippen molar-refractivity contribution in [1.29, 1.82) is 0 Å². The Morgan fingerprint density at radius 2 is 1.77 bits per heavy atom. The van der Waals surface area contributed by atoms with Crippen molar-refractivity contribution in [2.24, 2.45) is 7.05 Å². The van der Waals surface area contributed by atoms with Crippen LogP contribution in [-0.4, -0.2) is 26.8 Å². The van der Waals surface area contributed by atoms with E-state index in [4.69, 9.17) is 0 Å². The van der Waals surface area contributed by atoms with Crippen molar-refractivity contribution < 1.29 is 4.79 Å². The fraction of sp³-hybridized carbons (Fsp3) is 0.292. The van der Waals surface area contributed by atoms with Gasteiger partial charge >= 0.3 is 0 Å². The van der Waals surface area contributed by atoms with Crippen molar-refractivity contribution in [1.82, 2.24) is 19.7 Å². The van der Waals surface area contributed by atoms with Crippen LogP contribution < -0.4 is 10.9 Å². The van der Waals surface area contributed by atoms with Gasteiger partial charge in [0.05, 0.1) is 11.7 Å². The minimum atomic E-state index is -0.481. The van der Waals surface area contributed by atoms with Gasteiger partial charge in [-0.25, -0.2) is 4.68 Å². The van der Waals surface area contributed by atoms with Crippen LogP contribution in [-0.2, 0) is 11.8 Å². The number of hydrogen-bond donors (Lipinski definition) is 1. The topological polar surface area (TPSA) is 68.9 Å². The summed E-state index contributed by atoms with van der Waals surface area (Å²) < 4.78 is 3.21. The lowest BCUT2D eigenvalue weighted by molar-refractivity contribution is -0.124. The molecule has 1 amide bonds. The molecule has 4 aromatic rings. The number of para-hydroxylation sites is 1. The molecule has 2 atom stereocenters. The first-order chi connectivity index (χ1) is 14.5. The molecule has 0 radical (unpaired) electrons. The fourth-order valence-electron chi connectivity index (χ4n) is 4.07. The molecule has 0 aliphatic heterocycles. The third kappa shape index (κ3) is 3.38. The molecule has 2 aromatic carbocycles.